The molecular formula is C38H51F2N3O2. The fourth-order valence-electron chi connectivity index (χ4n) is 5.79. The summed E-state index contributed by atoms with van der Waals surface area (Å²) in [5, 5.41) is 0. The van der Waals surface area contributed by atoms with E-state index in [1.807, 2.05) is 32.6 Å². The molecule has 1 saturated heterocycles. The summed E-state index contributed by atoms with van der Waals surface area (Å²) in [6.45, 7) is 17.8. The van der Waals surface area contributed by atoms with Gasteiger partial charge in [-0.15, -0.1) is 0 Å². The SMILES string of the molecule is C=CN=C(CCCCc1cc(F)cc(F)c1)C(/C(=C\C)/C=C/CCC1=CC=C1)=C(\C)N1CCN(C(=O)OC(C)(C)C)C[C@H]1CC. The van der Waals surface area contributed by atoms with Crippen LogP contribution in [-0.4, -0.2) is 52.9 Å². The van der Waals surface area contributed by atoms with Crippen LogP contribution >= 0.6 is 0 Å². The number of carbonyl (C=O) groups is 1. The van der Waals surface area contributed by atoms with Gasteiger partial charge >= 0.3 is 6.09 Å². The summed E-state index contributed by atoms with van der Waals surface area (Å²) in [7, 11) is 0. The van der Waals surface area contributed by atoms with Crippen LogP contribution in [0, 0.1) is 11.6 Å². The normalized spacial score (nSPS) is 18.1. The molecule has 3 rings (SSSR count). The van der Waals surface area contributed by atoms with Gasteiger partial charge in [0.05, 0.1) is 0 Å². The van der Waals surface area contributed by atoms with Crippen LogP contribution in [-0.2, 0) is 11.2 Å². The molecule has 0 unspecified atom stereocenters. The Kier molecular flexibility index (Phi) is 13.6. The quantitative estimate of drug-likeness (QED) is 0.118. The highest BCUT2D eigenvalue weighted by Crippen LogP contribution is 2.29. The topological polar surface area (TPSA) is 45.1 Å². The summed E-state index contributed by atoms with van der Waals surface area (Å²) in [6, 6.07) is 3.82. The molecule has 1 fully saturated rings. The molecule has 5 nitrogen and oxygen atoms in total. The van der Waals surface area contributed by atoms with E-state index in [1.165, 1.54) is 17.7 Å². The third kappa shape index (κ3) is 11.0. The largest absolute Gasteiger partial charge is 0.444 e. The third-order valence-corrected chi connectivity index (χ3v) is 8.10. The zero-order valence-electron chi connectivity index (χ0n) is 28.0. The van der Waals surface area contributed by atoms with Gasteiger partial charge in [0.2, 0.25) is 0 Å². The second kappa shape index (κ2) is 17.1. The number of rotatable bonds is 14. The predicted molar refractivity (Wildman–Crippen MR) is 182 cm³/mol. The summed E-state index contributed by atoms with van der Waals surface area (Å²) in [4.78, 5) is 21.9. The zero-order chi connectivity index (χ0) is 33.0. The van der Waals surface area contributed by atoms with Crippen LogP contribution < -0.4 is 0 Å². The van der Waals surface area contributed by atoms with Gasteiger partial charge in [0, 0.05) is 54.9 Å². The van der Waals surface area contributed by atoms with E-state index >= 15 is 0 Å². The van der Waals surface area contributed by atoms with Gasteiger partial charge in [-0.25, -0.2) is 13.6 Å². The summed E-state index contributed by atoms with van der Waals surface area (Å²) >= 11 is 0. The summed E-state index contributed by atoms with van der Waals surface area (Å²) in [5.74, 6) is -1.10. The van der Waals surface area contributed by atoms with Crippen molar-refractivity contribution in [3.8, 4) is 0 Å². The van der Waals surface area contributed by atoms with Crippen LogP contribution in [0.15, 0.2) is 94.8 Å². The summed E-state index contributed by atoms with van der Waals surface area (Å²) in [5.41, 5.74) is 5.66. The number of benzene rings is 1. The molecule has 1 aliphatic heterocycles. The van der Waals surface area contributed by atoms with Crippen molar-refractivity contribution in [3.63, 3.8) is 0 Å². The standard InChI is InChI=1S/C38H51F2N3O2/c1-8-31(20-13-11-16-29-18-15-19-29)36(35(41-10-3)21-14-12-17-30-24-32(39)26-33(40)25-30)28(4)43-23-22-42(27-34(43)9-2)37(44)45-38(5,6)7/h8,10,13,15,18-20,24-26,34H,3,9,11-12,14,16-17,21-23,27H2,1-2,4-7H3/b20-13+,31-8-,36-28+,41-35?/t34-/m1/s1. The fourth-order valence-corrected chi connectivity index (χ4v) is 5.79. The minimum atomic E-state index is -0.550. The van der Waals surface area contributed by atoms with Crippen molar-refractivity contribution in [1.82, 2.24) is 9.80 Å². The summed E-state index contributed by atoms with van der Waals surface area (Å²) < 4.78 is 33.1. The van der Waals surface area contributed by atoms with Gasteiger partial charge in [0.15, 0.2) is 0 Å². The van der Waals surface area contributed by atoms with Crippen LogP contribution in [0.5, 0.6) is 0 Å². The molecule has 1 aromatic rings. The minimum absolute atomic E-state index is 0.119. The molecule has 0 bridgehead atoms. The van der Waals surface area contributed by atoms with Crippen molar-refractivity contribution in [3.05, 3.63) is 107 Å². The van der Waals surface area contributed by atoms with Crippen molar-refractivity contribution >= 4 is 11.8 Å². The zero-order valence-corrected chi connectivity index (χ0v) is 28.0. The first-order chi connectivity index (χ1) is 21.4. The van der Waals surface area contributed by atoms with Crippen molar-refractivity contribution in [2.75, 3.05) is 19.6 Å². The van der Waals surface area contributed by atoms with E-state index in [4.69, 9.17) is 9.73 Å². The van der Waals surface area contributed by atoms with Gasteiger partial charge in [0.25, 0.3) is 0 Å². The van der Waals surface area contributed by atoms with Gasteiger partial charge < -0.3 is 14.5 Å². The van der Waals surface area contributed by atoms with E-state index in [0.717, 1.165) is 60.7 Å². The van der Waals surface area contributed by atoms with E-state index in [2.05, 4.69) is 61.8 Å². The first-order valence-electron chi connectivity index (χ1n) is 16.2. The Morgan fingerprint density at radius 1 is 1.13 bits per heavy atom. The van der Waals surface area contributed by atoms with E-state index in [-0.39, 0.29) is 12.1 Å². The number of unbranched alkanes of at least 4 members (excludes halogenated alkanes) is 1. The van der Waals surface area contributed by atoms with E-state index in [9.17, 15) is 13.6 Å². The number of amides is 1. The van der Waals surface area contributed by atoms with Crippen molar-refractivity contribution < 1.29 is 18.3 Å². The number of hydrogen-bond donors (Lipinski definition) is 0. The van der Waals surface area contributed by atoms with E-state index < -0.39 is 17.2 Å². The smallest absolute Gasteiger partial charge is 0.410 e. The van der Waals surface area contributed by atoms with Crippen LogP contribution in [0.4, 0.5) is 13.6 Å². The highest BCUT2D eigenvalue weighted by atomic mass is 19.1. The molecular weight excluding hydrogens is 568 g/mol. The molecule has 244 valence electrons. The van der Waals surface area contributed by atoms with Crippen molar-refractivity contribution in [1.29, 1.82) is 0 Å². The molecule has 0 spiro atoms. The van der Waals surface area contributed by atoms with Gasteiger partial charge in [-0.3, -0.25) is 4.99 Å². The number of piperazine rings is 1. The van der Waals surface area contributed by atoms with E-state index in [1.54, 1.807) is 6.20 Å². The Hall–Kier alpha value is -3.74. The van der Waals surface area contributed by atoms with Gasteiger partial charge in [0.1, 0.15) is 17.2 Å². The van der Waals surface area contributed by atoms with Crippen LogP contribution in [0.25, 0.3) is 0 Å². The number of allylic oxidation sites excluding steroid dienone is 10. The molecule has 45 heavy (non-hydrogen) atoms. The molecule has 7 heteroatoms. The lowest BCUT2D eigenvalue weighted by Gasteiger charge is -2.44. The predicted octanol–water partition coefficient (Wildman–Crippen LogP) is 9.65. The van der Waals surface area contributed by atoms with Crippen LogP contribution in [0.3, 0.4) is 0 Å². The molecule has 2 aliphatic rings. The molecule has 1 aromatic carbocycles. The Bertz CT molecular complexity index is 1360. The number of nitrogens with zero attached hydrogens (tertiary/aromatic N) is 3. The molecule has 0 aromatic heterocycles. The number of carbonyl (C=O) groups excluding carboxylic acids is 1. The maximum Gasteiger partial charge on any atom is 0.410 e. The summed E-state index contributed by atoms with van der Waals surface area (Å²) in [6.07, 6.45) is 19.9. The van der Waals surface area contributed by atoms with Crippen LogP contribution in [0.2, 0.25) is 0 Å². The van der Waals surface area contributed by atoms with Crippen LogP contribution in [0.1, 0.15) is 85.6 Å². The molecule has 1 amide bonds. The lowest BCUT2D eigenvalue weighted by atomic mass is 9.92. The number of ether oxygens (including phenoxy) is 1. The van der Waals surface area contributed by atoms with Gasteiger partial charge in [-0.05, 0) is 108 Å². The third-order valence-electron chi connectivity index (χ3n) is 8.10. The number of aliphatic imine (C=N–C) groups is 1. The Balaban J connectivity index is 1.87. The monoisotopic (exact) mass is 619 g/mol. The maximum atomic E-state index is 13.7. The lowest BCUT2D eigenvalue weighted by Crippen LogP contribution is -2.54. The lowest BCUT2D eigenvalue weighted by molar-refractivity contribution is 0.00818. The molecule has 0 N–H and O–H groups in total. The van der Waals surface area contributed by atoms with Gasteiger partial charge in [-0.2, -0.15) is 0 Å². The highest BCUT2D eigenvalue weighted by molar-refractivity contribution is 6.05. The highest BCUT2D eigenvalue weighted by Gasteiger charge is 2.32. The number of halogens is 2. The first kappa shape index (κ1) is 35.7. The molecule has 1 heterocycles. The molecule has 0 saturated carbocycles. The number of aryl methyl sites for hydroxylation is 1. The minimum Gasteiger partial charge on any atom is -0.444 e. The second-order valence-corrected chi connectivity index (χ2v) is 12.7. The second-order valence-electron chi connectivity index (χ2n) is 12.7. The average Bonchev–Trinajstić information content (AvgIpc) is 2.95. The average molecular weight is 620 g/mol. The number of hydrogen-bond acceptors (Lipinski definition) is 4. The maximum absolute atomic E-state index is 13.7. The first-order valence-corrected chi connectivity index (χ1v) is 16.2. The van der Waals surface area contributed by atoms with E-state index in [0.29, 0.717) is 38.0 Å². The Morgan fingerprint density at radius 2 is 1.84 bits per heavy atom. The fraction of sp³-hybridized carbons (Fsp3) is 0.474. The Labute approximate surface area is 269 Å². The molecule has 0 radical (unpaired) electrons. The Morgan fingerprint density at radius 3 is 2.42 bits per heavy atom. The van der Waals surface area contributed by atoms with Gasteiger partial charge in [-0.1, -0.05) is 50.0 Å². The van der Waals surface area contributed by atoms with Crippen molar-refractivity contribution in [2.45, 2.75) is 98.1 Å². The molecule has 1 atom stereocenters. The van der Waals surface area contributed by atoms with Crippen molar-refractivity contribution in [2.24, 2.45) is 4.99 Å². The molecule has 1 aliphatic carbocycles.